The van der Waals surface area contributed by atoms with Gasteiger partial charge in [-0.05, 0) is 44.1 Å². The average Bonchev–Trinajstić information content (AvgIpc) is 2.89. The standard InChI is InChI=1S/C16H23BrN2O/c1-19-6-3-2-4-15(19)11-18-10-13-9-14(17)8-12-5-7-20-16(12)13/h8-9,15,18H,2-7,10-11H2,1H3. The Balaban J connectivity index is 1.59. The zero-order valence-corrected chi connectivity index (χ0v) is 13.7. The molecule has 1 aromatic rings. The lowest BCUT2D eigenvalue weighted by molar-refractivity contribution is 0.181. The van der Waals surface area contributed by atoms with Crippen LogP contribution in [0.5, 0.6) is 5.75 Å². The quantitative estimate of drug-likeness (QED) is 0.913. The summed E-state index contributed by atoms with van der Waals surface area (Å²) in [6.07, 6.45) is 5.07. The molecular weight excluding hydrogens is 316 g/mol. The first-order chi connectivity index (χ1) is 9.74. The van der Waals surface area contributed by atoms with Crippen LogP contribution in [0.1, 0.15) is 30.4 Å². The molecule has 0 saturated carbocycles. The van der Waals surface area contributed by atoms with Crippen molar-refractivity contribution in [3.05, 3.63) is 27.7 Å². The van der Waals surface area contributed by atoms with E-state index in [1.165, 1.54) is 36.9 Å². The Morgan fingerprint density at radius 1 is 1.40 bits per heavy atom. The summed E-state index contributed by atoms with van der Waals surface area (Å²) in [4.78, 5) is 2.48. The molecule has 0 amide bonds. The molecule has 1 N–H and O–H groups in total. The second-order valence-corrected chi connectivity index (χ2v) is 6.83. The Hall–Kier alpha value is -0.580. The fourth-order valence-corrected chi connectivity index (χ4v) is 3.81. The van der Waals surface area contributed by atoms with Gasteiger partial charge in [-0.15, -0.1) is 0 Å². The van der Waals surface area contributed by atoms with E-state index in [1.54, 1.807) is 0 Å². The summed E-state index contributed by atoms with van der Waals surface area (Å²) >= 11 is 3.60. The molecule has 0 aliphatic carbocycles. The molecule has 1 fully saturated rings. The molecule has 0 radical (unpaired) electrons. The van der Waals surface area contributed by atoms with Gasteiger partial charge in [0.25, 0.3) is 0 Å². The number of likely N-dealkylation sites (tertiary alicyclic amines) is 1. The van der Waals surface area contributed by atoms with Crippen LogP contribution >= 0.6 is 15.9 Å². The van der Waals surface area contributed by atoms with Gasteiger partial charge in [-0.2, -0.15) is 0 Å². The van der Waals surface area contributed by atoms with Crippen LogP contribution in [0.2, 0.25) is 0 Å². The molecular formula is C16H23BrN2O. The molecule has 0 aromatic heterocycles. The Kier molecular flexibility index (Phi) is 4.64. The summed E-state index contributed by atoms with van der Waals surface area (Å²) in [5.41, 5.74) is 2.62. The summed E-state index contributed by atoms with van der Waals surface area (Å²) in [6, 6.07) is 5.05. The third-order valence-corrected chi connectivity index (χ3v) is 4.90. The molecule has 1 saturated heterocycles. The van der Waals surface area contributed by atoms with Crippen LogP contribution in [0, 0.1) is 0 Å². The van der Waals surface area contributed by atoms with Gasteiger partial charge in [0, 0.05) is 35.6 Å². The van der Waals surface area contributed by atoms with Crippen LogP contribution < -0.4 is 10.1 Å². The highest BCUT2D eigenvalue weighted by Crippen LogP contribution is 2.32. The van der Waals surface area contributed by atoms with Gasteiger partial charge in [0.15, 0.2) is 0 Å². The van der Waals surface area contributed by atoms with Crippen LogP contribution in [0.25, 0.3) is 0 Å². The smallest absolute Gasteiger partial charge is 0.127 e. The van der Waals surface area contributed by atoms with Gasteiger partial charge in [0.05, 0.1) is 6.61 Å². The van der Waals surface area contributed by atoms with E-state index in [-0.39, 0.29) is 0 Å². The number of nitrogens with one attached hydrogen (secondary N) is 1. The lowest BCUT2D eigenvalue weighted by Gasteiger charge is -2.32. The maximum atomic E-state index is 5.78. The first kappa shape index (κ1) is 14.4. The number of fused-ring (bicyclic) bond motifs is 1. The highest BCUT2D eigenvalue weighted by Gasteiger charge is 2.20. The zero-order chi connectivity index (χ0) is 13.9. The van der Waals surface area contributed by atoms with Gasteiger partial charge in [-0.25, -0.2) is 0 Å². The monoisotopic (exact) mass is 338 g/mol. The van der Waals surface area contributed by atoms with Crippen molar-refractivity contribution in [1.29, 1.82) is 0 Å². The lowest BCUT2D eigenvalue weighted by atomic mass is 10.0. The number of halogens is 1. The molecule has 2 heterocycles. The van der Waals surface area contributed by atoms with Crippen LogP contribution in [-0.4, -0.2) is 37.7 Å². The fourth-order valence-electron chi connectivity index (χ4n) is 3.25. The third kappa shape index (κ3) is 3.18. The number of ether oxygens (including phenoxy) is 1. The van der Waals surface area contributed by atoms with Crippen LogP contribution in [0.15, 0.2) is 16.6 Å². The molecule has 20 heavy (non-hydrogen) atoms. The van der Waals surface area contributed by atoms with Gasteiger partial charge >= 0.3 is 0 Å². The molecule has 3 nitrogen and oxygen atoms in total. The van der Waals surface area contributed by atoms with Crippen molar-refractivity contribution in [2.75, 3.05) is 26.7 Å². The van der Waals surface area contributed by atoms with Crippen LogP contribution in [-0.2, 0) is 13.0 Å². The number of nitrogens with zero attached hydrogens (tertiary/aromatic N) is 1. The molecule has 2 aliphatic rings. The second kappa shape index (κ2) is 6.46. The Bertz CT molecular complexity index is 478. The van der Waals surface area contributed by atoms with Crippen LogP contribution in [0.3, 0.4) is 0 Å². The Morgan fingerprint density at radius 3 is 3.15 bits per heavy atom. The lowest BCUT2D eigenvalue weighted by Crippen LogP contribution is -2.42. The van der Waals surface area contributed by atoms with Gasteiger partial charge in [0.2, 0.25) is 0 Å². The molecule has 1 atom stereocenters. The topological polar surface area (TPSA) is 24.5 Å². The number of hydrogen-bond acceptors (Lipinski definition) is 3. The molecule has 1 unspecified atom stereocenters. The van der Waals surface area contributed by atoms with Crippen molar-refractivity contribution in [2.24, 2.45) is 0 Å². The number of piperidine rings is 1. The normalized spacial score (nSPS) is 22.6. The Morgan fingerprint density at radius 2 is 2.30 bits per heavy atom. The first-order valence-corrected chi connectivity index (χ1v) is 8.38. The van der Waals surface area contributed by atoms with Gasteiger partial charge < -0.3 is 15.0 Å². The van der Waals surface area contributed by atoms with E-state index in [0.29, 0.717) is 6.04 Å². The zero-order valence-electron chi connectivity index (χ0n) is 12.1. The largest absolute Gasteiger partial charge is 0.493 e. The SMILES string of the molecule is CN1CCCCC1CNCc1cc(Br)cc2c1OCC2. The van der Waals surface area contributed by atoms with E-state index in [4.69, 9.17) is 4.74 Å². The number of likely N-dealkylation sites (N-methyl/N-ethyl adjacent to an activating group) is 1. The second-order valence-electron chi connectivity index (χ2n) is 5.91. The number of benzene rings is 1. The first-order valence-electron chi connectivity index (χ1n) is 7.59. The van der Waals surface area contributed by atoms with Crippen molar-refractivity contribution in [3.63, 3.8) is 0 Å². The van der Waals surface area contributed by atoms with E-state index in [9.17, 15) is 0 Å². The van der Waals surface area contributed by atoms with Crippen molar-refractivity contribution < 1.29 is 4.74 Å². The van der Waals surface area contributed by atoms with Gasteiger partial charge in [-0.3, -0.25) is 0 Å². The fraction of sp³-hybridized carbons (Fsp3) is 0.625. The van der Waals surface area contributed by atoms with E-state index in [1.807, 2.05) is 0 Å². The third-order valence-electron chi connectivity index (χ3n) is 4.44. The predicted molar refractivity (Wildman–Crippen MR) is 85.3 cm³/mol. The highest BCUT2D eigenvalue weighted by molar-refractivity contribution is 9.10. The van der Waals surface area contributed by atoms with Crippen molar-refractivity contribution in [1.82, 2.24) is 10.2 Å². The summed E-state index contributed by atoms with van der Waals surface area (Å²) in [5.74, 6) is 1.11. The van der Waals surface area contributed by atoms with E-state index >= 15 is 0 Å². The molecule has 0 bridgehead atoms. The highest BCUT2D eigenvalue weighted by atomic mass is 79.9. The maximum Gasteiger partial charge on any atom is 0.127 e. The number of rotatable bonds is 4. The summed E-state index contributed by atoms with van der Waals surface area (Å²) in [7, 11) is 2.24. The Labute approximate surface area is 129 Å². The molecule has 110 valence electrons. The van der Waals surface area contributed by atoms with Gasteiger partial charge in [0.1, 0.15) is 5.75 Å². The van der Waals surface area contributed by atoms with E-state index < -0.39 is 0 Å². The van der Waals surface area contributed by atoms with E-state index in [2.05, 4.69) is 45.3 Å². The number of hydrogen-bond donors (Lipinski definition) is 1. The molecule has 0 spiro atoms. The summed E-state index contributed by atoms with van der Waals surface area (Å²) in [5, 5.41) is 3.62. The minimum atomic E-state index is 0.685. The summed E-state index contributed by atoms with van der Waals surface area (Å²) < 4.78 is 6.94. The average molecular weight is 339 g/mol. The minimum Gasteiger partial charge on any atom is -0.493 e. The van der Waals surface area contributed by atoms with Crippen molar-refractivity contribution in [3.8, 4) is 5.75 Å². The van der Waals surface area contributed by atoms with Gasteiger partial charge in [-0.1, -0.05) is 22.4 Å². The molecule has 2 aliphatic heterocycles. The molecule has 4 heteroatoms. The van der Waals surface area contributed by atoms with Crippen molar-refractivity contribution >= 4 is 15.9 Å². The van der Waals surface area contributed by atoms with Crippen molar-refractivity contribution in [2.45, 2.75) is 38.3 Å². The minimum absolute atomic E-state index is 0.685. The molecule has 1 aromatic carbocycles. The van der Waals surface area contributed by atoms with E-state index in [0.717, 1.165) is 36.3 Å². The molecule has 3 rings (SSSR count). The van der Waals surface area contributed by atoms with Crippen LogP contribution in [0.4, 0.5) is 0 Å². The summed E-state index contributed by atoms with van der Waals surface area (Å²) in [6.45, 7) is 4.02. The maximum absolute atomic E-state index is 5.78. The predicted octanol–water partition coefficient (Wildman–Crippen LogP) is 2.96.